The van der Waals surface area contributed by atoms with Crippen molar-refractivity contribution in [2.24, 2.45) is 0 Å². The number of halogens is 1. The van der Waals surface area contributed by atoms with Gasteiger partial charge in [0.25, 0.3) is 5.91 Å². The Morgan fingerprint density at radius 3 is 2.54 bits per heavy atom. The summed E-state index contributed by atoms with van der Waals surface area (Å²) in [6, 6.07) is 6.78. The van der Waals surface area contributed by atoms with Crippen LogP contribution < -0.4 is 16.3 Å². The fourth-order valence-electron chi connectivity index (χ4n) is 1.77. The Labute approximate surface area is 145 Å². The van der Waals surface area contributed by atoms with Crippen molar-refractivity contribution in [3.63, 3.8) is 0 Å². The van der Waals surface area contributed by atoms with Crippen LogP contribution >= 0.6 is 15.9 Å². The number of carbonyl (C=O) groups is 1. The third-order valence-corrected chi connectivity index (χ3v) is 3.44. The van der Waals surface area contributed by atoms with Crippen LogP contribution in [0.4, 0.5) is 17.3 Å². The molecule has 1 heterocycles. The number of carbonyl (C=O) groups excluding carboxylic acids is 1. The number of amides is 1. The van der Waals surface area contributed by atoms with Gasteiger partial charge in [0.05, 0.1) is 10.5 Å². The van der Waals surface area contributed by atoms with Crippen LogP contribution in [0.15, 0.2) is 35.1 Å². The van der Waals surface area contributed by atoms with E-state index in [1.807, 2.05) is 0 Å². The first-order valence-electron chi connectivity index (χ1n) is 6.64. The van der Waals surface area contributed by atoms with Gasteiger partial charge >= 0.3 is 5.69 Å². The maximum atomic E-state index is 12.1. The molecule has 0 fully saturated rings. The van der Waals surface area contributed by atoms with Gasteiger partial charge in [0.2, 0.25) is 11.6 Å². The van der Waals surface area contributed by atoms with Gasteiger partial charge < -0.3 is 0 Å². The number of benzene rings is 1. The standard InChI is InChI=1S/C13H14BrN7O3/c1-20(2)19-12-10(21(23)24)11(15-7-16-12)17-18-13(22)8-5-3-4-6-9(8)14/h3-7H,1-2H3,(H,18,22)(H2,15,16,17,19). The molecule has 0 saturated heterocycles. The van der Waals surface area contributed by atoms with Crippen molar-refractivity contribution < 1.29 is 9.72 Å². The van der Waals surface area contributed by atoms with Gasteiger partial charge in [0.1, 0.15) is 6.33 Å². The summed E-state index contributed by atoms with van der Waals surface area (Å²) in [5.74, 6) is -0.616. The van der Waals surface area contributed by atoms with Gasteiger partial charge in [-0.1, -0.05) is 12.1 Å². The Morgan fingerprint density at radius 2 is 1.92 bits per heavy atom. The molecule has 0 aliphatic rings. The number of rotatable bonds is 6. The van der Waals surface area contributed by atoms with Gasteiger partial charge in [-0.05, 0) is 28.1 Å². The second-order valence-corrected chi connectivity index (χ2v) is 5.60. The molecule has 24 heavy (non-hydrogen) atoms. The molecule has 0 bridgehead atoms. The Balaban J connectivity index is 2.22. The molecule has 0 atom stereocenters. The lowest BCUT2D eigenvalue weighted by molar-refractivity contribution is -0.383. The highest BCUT2D eigenvalue weighted by molar-refractivity contribution is 9.10. The quantitative estimate of drug-likeness (QED) is 0.499. The van der Waals surface area contributed by atoms with E-state index in [-0.39, 0.29) is 11.6 Å². The van der Waals surface area contributed by atoms with Crippen LogP contribution in [0.3, 0.4) is 0 Å². The number of anilines is 2. The summed E-state index contributed by atoms with van der Waals surface area (Å²) in [6.07, 6.45) is 1.14. The van der Waals surface area contributed by atoms with Crippen LogP contribution in [-0.4, -0.2) is 39.9 Å². The van der Waals surface area contributed by atoms with Gasteiger partial charge in [-0.3, -0.25) is 31.2 Å². The van der Waals surface area contributed by atoms with E-state index in [4.69, 9.17) is 0 Å². The normalized spacial score (nSPS) is 10.3. The topological polar surface area (TPSA) is 125 Å². The maximum absolute atomic E-state index is 12.1. The maximum Gasteiger partial charge on any atom is 0.356 e. The molecule has 0 radical (unpaired) electrons. The van der Waals surface area contributed by atoms with Crippen LogP contribution in [0.1, 0.15) is 10.4 Å². The minimum absolute atomic E-state index is 0.00218. The van der Waals surface area contributed by atoms with Crippen LogP contribution in [0.2, 0.25) is 0 Å². The monoisotopic (exact) mass is 395 g/mol. The van der Waals surface area contributed by atoms with E-state index < -0.39 is 16.5 Å². The average molecular weight is 396 g/mol. The van der Waals surface area contributed by atoms with E-state index >= 15 is 0 Å². The van der Waals surface area contributed by atoms with E-state index in [1.165, 1.54) is 5.01 Å². The molecule has 10 nitrogen and oxygen atoms in total. The molecule has 1 amide bonds. The molecule has 0 spiro atoms. The largest absolute Gasteiger partial charge is 0.356 e. The fraction of sp³-hybridized carbons (Fsp3) is 0.154. The first-order valence-corrected chi connectivity index (χ1v) is 7.43. The summed E-state index contributed by atoms with van der Waals surface area (Å²) in [5, 5.41) is 12.8. The highest BCUT2D eigenvalue weighted by Gasteiger charge is 2.24. The van der Waals surface area contributed by atoms with Gasteiger partial charge in [-0.25, -0.2) is 15.0 Å². The SMILES string of the molecule is CN(C)Nc1ncnc(NNC(=O)c2ccccc2Br)c1[N+](=O)[O-]. The number of hydrazine groups is 2. The van der Waals surface area contributed by atoms with Crippen molar-refractivity contribution in [1.29, 1.82) is 0 Å². The molecule has 0 aliphatic carbocycles. The van der Waals surface area contributed by atoms with Gasteiger partial charge in [-0.2, -0.15) is 0 Å². The Hall–Kier alpha value is -2.79. The molecule has 2 aromatic rings. The Bertz CT molecular complexity index is 769. The molecule has 2 rings (SSSR count). The lowest BCUT2D eigenvalue weighted by atomic mass is 10.2. The summed E-state index contributed by atoms with van der Waals surface area (Å²) >= 11 is 3.26. The number of nitrogens with zero attached hydrogens (tertiary/aromatic N) is 4. The molecule has 0 aliphatic heterocycles. The van der Waals surface area contributed by atoms with Crippen LogP contribution in [-0.2, 0) is 0 Å². The van der Waals surface area contributed by atoms with Crippen molar-refractivity contribution in [3.05, 3.63) is 50.7 Å². The smallest absolute Gasteiger partial charge is 0.298 e. The molecule has 126 valence electrons. The third-order valence-electron chi connectivity index (χ3n) is 2.75. The molecule has 1 aromatic heterocycles. The predicted octanol–water partition coefficient (Wildman–Crippen LogP) is 1.79. The molecular formula is C13H14BrN7O3. The van der Waals surface area contributed by atoms with Gasteiger partial charge in [0, 0.05) is 18.6 Å². The number of nitrogens with one attached hydrogen (secondary N) is 3. The van der Waals surface area contributed by atoms with Crippen LogP contribution in [0, 0.1) is 10.1 Å². The minimum atomic E-state index is -0.640. The first kappa shape index (κ1) is 17.6. The van der Waals surface area contributed by atoms with Crippen molar-refractivity contribution in [3.8, 4) is 0 Å². The zero-order chi connectivity index (χ0) is 17.7. The Kier molecular flexibility index (Phi) is 5.60. The highest BCUT2D eigenvalue weighted by Crippen LogP contribution is 2.28. The second-order valence-electron chi connectivity index (χ2n) is 4.74. The number of nitro groups is 1. The first-order chi connectivity index (χ1) is 11.4. The molecule has 11 heteroatoms. The zero-order valence-electron chi connectivity index (χ0n) is 12.8. The minimum Gasteiger partial charge on any atom is -0.298 e. The predicted molar refractivity (Wildman–Crippen MR) is 91.2 cm³/mol. The molecular weight excluding hydrogens is 382 g/mol. The molecule has 1 aromatic carbocycles. The second kappa shape index (κ2) is 7.66. The molecule has 0 unspecified atom stereocenters. The Morgan fingerprint density at radius 1 is 1.25 bits per heavy atom. The van der Waals surface area contributed by atoms with Gasteiger partial charge in [-0.15, -0.1) is 0 Å². The zero-order valence-corrected chi connectivity index (χ0v) is 14.4. The summed E-state index contributed by atoms with van der Waals surface area (Å²) in [7, 11) is 3.32. The summed E-state index contributed by atoms with van der Waals surface area (Å²) in [6.45, 7) is 0. The fourth-order valence-corrected chi connectivity index (χ4v) is 2.23. The van der Waals surface area contributed by atoms with E-state index in [0.717, 1.165) is 6.33 Å². The van der Waals surface area contributed by atoms with Crippen molar-refractivity contribution in [1.82, 2.24) is 20.4 Å². The molecule has 3 N–H and O–H groups in total. The van der Waals surface area contributed by atoms with E-state index in [2.05, 4.69) is 42.2 Å². The number of hydrogen-bond donors (Lipinski definition) is 3. The van der Waals surface area contributed by atoms with Crippen LogP contribution in [0.5, 0.6) is 0 Å². The average Bonchev–Trinajstić information content (AvgIpc) is 2.52. The van der Waals surface area contributed by atoms with E-state index in [9.17, 15) is 14.9 Å². The molecule has 0 saturated carbocycles. The van der Waals surface area contributed by atoms with Crippen molar-refractivity contribution in [2.75, 3.05) is 24.9 Å². The summed E-state index contributed by atoms with van der Waals surface area (Å²) < 4.78 is 0.594. The van der Waals surface area contributed by atoms with Gasteiger partial charge in [0.15, 0.2) is 0 Å². The van der Waals surface area contributed by atoms with Crippen molar-refractivity contribution in [2.45, 2.75) is 0 Å². The number of aromatic nitrogens is 2. The van der Waals surface area contributed by atoms with Crippen molar-refractivity contribution >= 4 is 39.2 Å². The lowest BCUT2D eigenvalue weighted by Gasteiger charge is -2.14. The highest BCUT2D eigenvalue weighted by atomic mass is 79.9. The van der Waals surface area contributed by atoms with E-state index in [0.29, 0.717) is 10.0 Å². The number of hydrogen-bond acceptors (Lipinski definition) is 8. The third kappa shape index (κ3) is 4.14. The van der Waals surface area contributed by atoms with E-state index in [1.54, 1.807) is 38.4 Å². The lowest BCUT2D eigenvalue weighted by Crippen LogP contribution is -2.31. The summed E-state index contributed by atoms with van der Waals surface area (Å²) in [5.41, 5.74) is 7.52. The van der Waals surface area contributed by atoms with Crippen LogP contribution in [0.25, 0.3) is 0 Å². The summed E-state index contributed by atoms with van der Waals surface area (Å²) in [4.78, 5) is 30.4.